The number of likely N-dealkylation sites (N-methyl/N-ethyl adjacent to an activating group) is 1. The number of amides is 1. The van der Waals surface area contributed by atoms with Crippen LogP contribution >= 0.6 is 11.6 Å². The predicted octanol–water partition coefficient (Wildman–Crippen LogP) is 2.26. The van der Waals surface area contributed by atoms with Crippen LogP contribution in [-0.4, -0.2) is 30.5 Å². The first-order chi connectivity index (χ1) is 10.1. The van der Waals surface area contributed by atoms with Gasteiger partial charge in [0.25, 0.3) is 0 Å². The third-order valence-electron chi connectivity index (χ3n) is 3.08. The largest absolute Gasteiger partial charge is 0.444 e. The molecule has 5 nitrogen and oxygen atoms in total. The third kappa shape index (κ3) is 4.58. The number of nitrogens with one attached hydrogen (secondary N) is 2. The molecular weight excluding hydrogens is 290 g/mol. The molecule has 112 valence electrons. The number of aromatic nitrogens is 1. The Labute approximate surface area is 128 Å². The average molecular weight is 308 g/mol. The Morgan fingerprint density at radius 1 is 1.38 bits per heavy atom. The molecule has 1 atom stereocenters. The van der Waals surface area contributed by atoms with Crippen LogP contribution < -0.4 is 10.6 Å². The van der Waals surface area contributed by atoms with Gasteiger partial charge in [-0.25, -0.2) is 4.98 Å². The summed E-state index contributed by atoms with van der Waals surface area (Å²) in [6.45, 7) is 2.58. The summed E-state index contributed by atoms with van der Waals surface area (Å²) >= 11 is 5.84. The van der Waals surface area contributed by atoms with Gasteiger partial charge >= 0.3 is 0 Å². The number of benzene rings is 1. The summed E-state index contributed by atoms with van der Waals surface area (Å²) in [4.78, 5) is 16.1. The van der Waals surface area contributed by atoms with Crippen molar-refractivity contribution in [1.29, 1.82) is 0 Å². The molecule has 2 N–H and O–H groups in total. The molecule has 0 aliphatic carbocycles. The molecule has 2 rings (SSSR count). The smallest absolute Gasteiger partial charge is 0.226 e. The normalized spacial score (nSPS) is 12.1. The Morgan fingerprint density at radius 3 is 2.76 bits per heavy atom. The Balaban J connectivity index is 1.94. The maximum absolute atomic E-state index is 11.8. The van der Waals surface area contributed by atoms with Crippen LogP contribution in [0, 0.1) is 0 Å². The van der Waals surface area contributed by atoms with Gasteiger partial charge < -0.3 is 15.1 Å². The van der Waals surface area contributed by atoms with Gasteiger partial charge in [-0.3, -0.25) is 4.79 Å². The van der Waals surface area contributed by atoms with Crippen molar-refractivity contribution in [3.63, 3.8) is 0 Å². The zero-order valence-corrected chi connectivity index (χ0v) is 12.8. The maximum Gasteiger partial charge on any atom is 0.226 e. The van der Waals surface area contributed by atoms with Crippen molar-refractivity contribution < 1.29 is 9.21 Å². The predicted molar refractivity (Wildman–Crippen MR) is 82.2 cm³/mol. The fourth-order valence-corrected chi connectivity index (χ4v) is 1.84. The van der Waals surface area contributed by atoms with Crippen molar-refractivity contribution in [3.05, 3.63) is 41.2 Å². The van der Waals surface area contributed by atoms with E-state index in [-0.39, 0.29) is 18.4 Å². The lowest BCUT2D eigenvalue weighted by molar-refractivity contribution is -0.120. The highest BCUT2D eigenvalue weighted by molar-refractivity contribution is 6.30. The summed E-state index contributed by atoms with van der Waals surface area (Å²) in [5.74, 6) is 0.408. The summed E-state index contributed by atoms with van der Waals surface area (Å²) < 4.78 is 5.39. The standard InChI is InChI=1S/C15H18ClN3O2/c1-10(17-2)8-18-14(20)7-13-9-21-15(19-13)11-3-5-12(16)6-4-11/h3-6,9-10,17H,7-8H2,1-2H3,(H,18,20). The Morgan fingerprint density at radius 2 is 2.10 bits per heavy atom. The first-order valence-corrected chi connectivity index (χ1v) is 7.10. The highest BCUT2D eigenvalue weighted by Gasteiger charge is 2.11. The van der Waals surface area contributed by atoms with Crippen LogP contribution in [0.15, 0.2) is 34.9 Å². The van der Waals surface area contributed by atoms with Crippen LogP contribution in [0.5, 0.6) is 0 Å². The highest BCUT2D eigenvalue weighted by Crippen LogP contribution is 2.20. The number of halogens is 1. The lowest BCUT2D eigenvalue weighted by atomic mass is 10.2. The van der Waals surface area contributed by atoms with E-state index < -0.39 is 0 Å². The quantitative estimate of drug-likeness (QED) is 0.859. The van der Waals surface area contributed by atoms with Crippen LogP contribution in [-0.2, 0) is 11.2 Å². The maximum atomic E-state index is 11.8. The molecular formula is C15H18ClN3O2. The second-order valence-electron chi connectivity index (χ2n) is 4.82. The molecule has 0 aliphatic rings. The van der Waals surface area contributed by atoms with Gasteiger partial charge in [0.15, 0.2) is 0 Å². The fourth-order valence-electron chi connectivity index (χ4n) is 1.71. The van der Waals surface area contributed by atoms with Crippen molar-refractivity contribution in [1.82, 2.24) is 15.6 Å². The fraction of sp³-hybridized carbons (Fsp3) is 0.333. The number of carbonyl (C=O) groups excluding carboxylic acids is 1. The van der Waals surface area contributed by atoms with Crippen molar-refractivity contribution in [2.24, 2.45) is 0 Å². The zero-order chi connectivity index (χ0) is 15.2. The van der Waals surface area contributed by atoms with Gasteiger partial charge in [0.1, 0.15) is 6.26 Å². The van der Waals surface area contributed by atoms with Crippen LogP contribution in [0.2, 0.25) is 5.02 Å². The molecule has 0 spiro atoms. The van der Waals surface area contributed by atoms with Crippen molar-refractivity contribution >= 4 is 17.5 Å². The summed E-state index contributed by atoms with van der Waals surface area (Å²) in [6, 6.07) is 7.43. The first kappa shape index (κ1) is 15.5. The molecule has 0 bridgehead atoms. The molecule has 1 amide bonds. The molecule has 1 aromatic carbocycles. The van der Waals surface area contributed by atoms with Gasteiger partial charge in [-0.05, 0) is 38.2 Å². The second-order valence-corrected chi connectivity index (χ2v) is 5.26. The number of oxazole rings is 1. The van der Waals surface area contributed by atoms with Crippen molar-refractivity contribution in [2.75, 3.05) is 13.6 Å². The van der Waals surface area contributed by atoms with E-state index in [1.807, 2.05) is 26.1 Å². The van der Waals surface area contributed by atoms with E-state index in [0.717, 1.165) is 5.56 Å². The van der Waals surface area contributed by atoms with E-state index in [1.54, 1.807) is 12.1 Å². The molecule has 0 fully saturated rings. The van der Waals surface area contributed by atoms with Crippen LogP contribution in [0.4, 0.5) is 0 Å². The number of carbonyl (C=O) groups is 1. The van der Waals surface area contributed by atoms with Gasteiger partial charge in [0, 0.05) is 23.2 Å². The molecule has 1 unspecified atom stereocenters. The summed E-state index contributed by atoms with van der Waals surface area (Å²) in [5.41, 5.74) is 1.43. The van der Waals surface area contributed by atoms with Crippen molar-refractivity contribution in [3.8, 4) is 11.5 Å². The van der Waals surface area contributed by atoms with E-state index in [1.165, 1.54) is 6.26 Å². The van der Waals surface area contributed by atoms with Gasteiger partial charge in [0.05, 0.1) is 12.1 Å². The number of rotatable bonds is 6. The Bertz CT molecular complexity index is 595. The van der Waals surface area contributed by atoms with E-state index in [2.05, 4.69) is 15.6 Å². The number of nitrogens with zero attached hydrogens (tertiary/aromatic N) is 1. The minimum absolute atomic E-state index is 0.0759. The molecule has 2 aromatic rings. The summed E-state index contributed by atoms with van der Waals surface area (Å²) in [6.07, 6.45) is 1.71. The van der Waals surface area contributed by atoms with E-state index in [9.17, 15) is 4.79 Å². The van der Waals surface area contributed by atoms with E-state index in [4.69, 9.17) is 16.0 Å². The first-order valence-electron chi connectivity index (χ1n) is 6.73. The molecule has 0 radical (unpaired) electrons. The minimum atomic E-state index is -0.0759. The van der Waals surface area contributed by atoms with Crippen LogP contribution in [0.1, 0.15) is 12.6 Å². The highest BCUT2D eigenvalue weighted by atomic mass is 35.5. The number of hydrogen-bond donors (Lipinski definition) is 2. The average Bonchev–Trinajstić information content (AvgIpc) is 2.94. The molecule has 0 saturated heterocycles. The molecule has 6 heteroatoms. The minimum Gasteiger partial charge on any atom is -0.444 e. The third-order valence-corrected chi connectivity index (χ3v) is 3.33. The van der Waals surface area contributed by atoms with E-state index >= 15 is 0 Å². The van der Waals surface area contributed by atoms with E-state index in [0.29, 0.717) is 23.2 Å². The van der Waals surface area contributed by atoms with Gasteiger partial charge in [-0.15, -0.1) is 0 Å². The SMILES string of the molecule is CNC(C)CNC(=O)Cc1coc(-c2ccc(Cl)cc2)n1. The number of hydrogen-bond acceptors (Lipinski definition) is 4. The lowest BCUT2D eigenvalue weighted by Crippen LogP contribution is -2.37. The van der Waals surface area contributed by atoms with Gasteiger partial charge in [-0.1, -0.05) is 11.6 Å². The molecule has 0 saturated carbocycles. The van der Waals surface area contributed by atoms with Gasteiger partial charge in [-0.2, -0.15) is 0 Å². The van der Waals surface area contributed by atoms with Crippen LogP contribution in [0.3, 0.4) is 0 Å². The summed E-state index contributed by atoms with van der Waals surface area (Å²) in [7, 11) is 1.85. The lowest BCUT2D eigenvalue weighted by Gasteiger charge is -2.10. The monoisotopic (exact) mass is 307 g/mol. The second kappa shape index (κ2) is 7.24. The molecule has 1 aromatic heterocycles. The topological polar surface area (TPSA) is 67.2 Å². The van der Waals surface area contributed by atoms with Gasteiger partial charge in [0.2, 0.25) is 11.8 Å². The molecule has 0 aliphatic heterocycles. The Kier molecular flexibility index (Phi) is 5.36. The van der Waals surface area contributed by atoms with Crippen molar-refractivity contribution in [2.45, 2.75) is 19.4 Å². The summed E-state index contributed by atoms with van der Waals surface area (Å²) in [5, 5.41) is 6.55. The van der Waals surface area contributed by atoms with Crippen LogP contribution in [0.25, 0.3) is 11.5 Å². The Hall–Kier alpha value is -1.85. The zero-order valence-electron chi connectivity index (χ0n) is 12.0. The molecule has 1 heterocycles. The molecule has 21 heavy (non-hydrogen) atoms.